The molecule has 4 aromatic rings. The number of hydrogen-bond acceptors (Lipinski definition) is 8. The summed E-state index contributed by atoms with van der Waals surface area (Å²) in [6.45, 7) is 3.93. The quantitative estimate of drug-likeness (QED) is 0.284. The third kappa shape index (κ3) is 6.71. The fourth-order valence-corrected chi connectivity index (χ4v) is 6.02. The Morgan fingerprint density at radius 3 is 2.26 bits per heavy atom. The molecule has 0 aliphatic carbocycles. The Morgan fingerprint density at radius 2 is 1.59 bits per heavy atom. The molecule has 3 aromatic carbocycles. The second-order valence-electron chi connectivity index (χ2n) is 9.08. The number of ketones is 1. The van der Waals surface area contributed by atoms with Crippen LogP contribution in [-0.4, -0.2) is 75.6 Å². The van der Waals surface area contributed by atoms with Gasteiger partial charge in [0.05, 0.1) is 28.3 Å². The minimum atomic E-state index is -3.37. The summed E-state index contributed by atoms with van der Waals surface area (Å²) in [4.78, 5) is 35.3. The standard InChI is InChI=1S/C28H27N3O5S2.ClH/c1-38(34,35)23-11-12-24-25(19-23)37-28(29-24)31(14-13-30-15-17-36-18-16-30)27(33)22-9-7-21(8-10-22)26(32)20-5-3-2-4-6-20;/h2-12,19H,13-18H2,1H3;1H. The average Bonchev–Trinajstić information content (AvgIpc) is 3.36. The summed E-state index contributed by atoms with van der Waals surface area (Å²) in [6.07, 6.45) is 1.17. The van der Waals surface area contributed by atoms with Gasteiger partial charge >= 0.3 is 0 Å². The van der Waals surface area contributed by atoms with E-state index in [1.54, 1.807) is 53.4 Å². The number of carbonyl (C=O) groups is 2. The van der Waals surface area contributed by atoms with E-state index in [1.165, 1.54) is 23.7 Å². The van der Waals surface area contributed by atoms with Gasteiger partial charge in [0.2, 0.25) is 0 Å². The molecule has 1 aromatic heterocycles. The first-order chi connectivity index (χ1) is 18.3. The van der Waals surface area contributed by atoms with Crippen molar-refractivity contribution < 1.29 is 22.7 Å². The monoisotopic (exact) mass is 585 g/mol. The largest absolute Gasteiger partial charge is 0.379 e. The van der Waals surface area contributed by atoms with Gasteiger partial charge in [0.1, 0.15) is 0 Å². The van der Waals surface area contributed by atoms with E-state index < -0.39 is 9.84 Å². The van der Waals surface area contributed by atoms with Gasteiger partial charge in [-0.1, -0.05) is 53.8 Å². The van der Waals surface area contributed by atoms with Crippen molar-refractivity contribution in [2.45, 2.75) is 4.90 Å². The summed E-state index contributed by atoms with van der Waals surface area (Å²) in [5.74, 6) is -0.346. The van der Waals surface area contributed by atoms with Crippen LogP contribution in [0.5, 0.6) is 0 Å². The first-order valence-electron chi connectivity index (χ1n) is 12.2. The molecule has 0 atom stereocenters. The Kier molecular flexibility index (Phi) is 9.14. The number of halogens is 1. The maximum atomic E-state index is 13.7. The van der Waals surface area contributed by atoms with Crippen molar-refractivity contribution in [1.82, 2.24) is 9.88 Å². The number of fused-ring (bicyclic) bond motifs is 1. The Morgan fingerprint density at radius 1 is 0.949 bits per heavy atom. The molecule has 1 saturated heterocycles. The van der Waals surface area contributed by atoms with Gasteiger partial charge in [0.25, 0.3) is 5.91 Å². The van der Waals surface area contributed by atoms with E-state index in [0.717, 1.165) is 13.1 Å². The summed E-state index contributed by atoms with van der Waals surface area (Å²) in [7, 11) is -3.37. The maximum Gasteiger partial charge on any atom is 0.260 e. The normalized spacial score (nSPS) is 14.1. The van der Waals surface area contributed by atoms with Gasteiger partial charge < -0.3 is 4.74 Å². The highest BCUT2D eigenvalue weighted by Gasteiger charge is 2.24. The van der Waals surface area contributed by atoms with Crippen molar-refractivity contribution in [3.8, 4) is 0 Å². The molecule has 1 amide bonds. The molecule has 1 aliphatic rings. The molecule has 1 fully saturated rings. The van der Waals surface area contributed by atoms with Gasteiger partial charge in [0, 0.05) is 49.1 Å². The van der Waals surface area contributed by atoms with Crippen LogP contribution >= 0.6 is 23.7 Å². The summed E-state index contributed by atoms with van der Waals surface area (Å²) < 4.78 is 30.2. The van der Waals surface area contributed by atoms with Crippen LogP contribution < -0.4 is 4.90 Å². The molecule has 0 radical (unpaired) electrons. The van der Waals surface area contributed by atoms with Crippen LogP contribution in [0.3, 0.4) is 0 Å². The van der Waals surface area contributed by atoms with E-state index in [9.17, 15) is 18.0 Å². The summed E-state index contributed by atoms with van der Waals surface area (Å²) in [6, 6.07) is 20.5. The lowest BCUT2D eigenvalue weighted by molar-refractivity contribution is 0.0391. The molecule has 1 aliphatic heterocycles. The zero-order chi connectivity index (χ0) is 26.7. The highest BCUT2D eigenvalue weighted by Crippen LogP contribution is 2.31. The number of rotatable bonds is 8. The Bertz CT molecular complexity index is 1570. The Balaban J connectivity index is 0.00000353. The molecule has 204 valence electrons. The molecular formula is C28H28ClN3O5S2. The van der Waals surface area contributed by atoms with E-state index in [-0.39, 0.29) is 29.0 Å². The van der Waals surface area contributed by atoms with Gasteiger partial charge in [-0.2, -0.15) is 0 Å². The average molecular weight is 586 g/mol. The number of thiazole rings is 1. The molecule has 39 heavy (non-hydrogen) atoms. The van der Waals surface area contributed by atoms with E-state index in [2.05, 4.69) is 9.88 Å². The van der Waals surface area contributed by atoms with Crippen molar-refractivity contribution in [1.29, 1.82) is 0 Å². The number of ether oxygens (including phenoxy) is 1. The number of anilines is 1. The van der Waals surface area contributed by atoms with Crippen LogP contribution in [0.15, 0.2) is 77.7 Å². The molecule has 5 rings (SSSR count). The van der Waals surface area contributed by atoms with Crippen molar-refractivity contribution in [3.63, 3.8) is 0 Å². The number of hydrogen-bond donors (Lipinski definition) is 0. The van der Waals surface area contributed by atoms with E-state index in [1.807, 2.05) is 18.2 Å². The second kappa shape index (κ2) is 12.4. The highest BCUT2D eigenvalue weighted by atomic mass is 35.5. The summed E-state index contributed by atoms with van der Waals surface area (Å²) >= 11 is 1.28. The zero-order valence-corrected chi connectivity index (χ0v) is 23.7. The predicted octanol–water partition coefficient (Wildman–Crippen LogP) is 4.33. The number of carbonyl (C=O) groups excluding carboxylic acids is 2. The molecule has 2 heterocycles. The molecule has 0 spiro atoms. The Hall–Kier alpha value is -3.15. The van der Waals surface area contributed by atoms with Gasteiger partial charge in [0.15, 0.2) is 20.8 Å². The van der Waals surface area contributed by atoms with E-state index in [0.29, 0.717) is 58.3 Å². The minimum absolute atomic E-state index is 0. The number of morpholine rings is 1. The van der Waals surface area contributed by atoms with Crippen LogP contribution in [0.1, 0.15) is 26.3 Å². The molecule has 0 saturated carbocycles. The topological polar surface area (TPSA) is 96.9 Å². The lowest BCUT2D eigenvalue weighted by atomic mass is 10.0. The van der Waals surface area contributed by atoms with Crippen molar-refractivity contribution in [3.05, 3.63) is 89.5 Å². The van der Waals surface area contributed by atoms with Crippen molar-refractivity contribution in [2.24, 2.45) is 0 Å². The van der Waals surface area contributed by atoms with Crippen LogP contribution in [0.2, 0.25) is 0 Å². The fraction of sp³-hybridized carbons (Fsp3) is 0.250. The maximum absolute atomic E-state index is 13.7. The molecule has 8 nitrogen and oxygen atoms in total. The van der Waals surface area contributed by atoms with Crippen molar-refractivity contribution >= 4 is 60.6 Å². The molecule has 11 heteroatoms. The highest BCUT2D eigenvalue weighted by molar-refractivity contribution is 7.90. The van der Waals surface area contributed by atoms with Crippen LogP contribution in [0, 0.1) is 0 Å². The molecule has 0 N–H and O–H groups in total. The van der Waals surface area contributed by atoms with Crippen LogP contribution in [0.25, 0.3) is 10.2 Å². The van der Waals surface area contributed by atoms with Crippen LogP contribution in [0.4, 0.5) is 5.13 Å². The van der Waals surface area contributed by atoms with Gasteiger partial charge in [-0.25, -0.2) is 13.4 Å². The predicted molar refractivity (Wildman–Crippen MR) is 155 cm³/mol. The van der Waals surface area contributed by atoms with Crippen molar-refractivity contribution in [2.75, 3.05) is 50.5 Å². The molecule has 0 bridgehead atoms. The van der Waals surface area contributed by atoms with E-state index in [4.69, 9.17) is 4.74 Å². The number of nitrogens with zero attached hydrogens (tertiary/aromatic N) is 3. The number of benzene rings is 3. The lowest BCUT2D eigenvalue weighted by Gasteiger charge is -2.29. The lowest BCUT2D eigenvalue weighted by Crippen LogP contribution is -2.43. The number of sulfone groups is 1. The van der Waals surface area contributed by atoms with Gasteiger partial charge in [-0.05, 0) is 30.3 Å². The van der Waals surface area contributed by atoms with Gasteiger partial charge in [-0.15, -0.1) is 12.4 Å². The fourth-order valence-electron chi connectivity index (χ4n) is 4.27. The number of amides is 1. The zero-order valence-electron chi connectivity index (χ0n) is 21.3. The third-order valence-corrected chi connectivity index (χ3v) is 8.58. The smallest absolute Gasteiger partial charge is 0.260 e. The summed E-state index contributed by atoms with van der Waals surface area (Å²) in [5.41, 5.74) is 2.15. The van der Waals surface area contributed by atoms with Gasteiger partial charge in [-0.3, -0.25) is 19.4 Å². The van der Waals surface area contributed by atoms with Crippen LogP contribution in [-0.2, 0) is 14.6 Å². The van der Waals surface area contributed by atoms with E-state index >= 15 is 0 Å². The first kappa shape index (κ1) is 28.8. The SMILES string of the molecule is CS(=O)(=O)c1ccc2nc(N(CCN3CCOCC3)C(=O)c3ccc(C(=O)c4ccccc4)cc3)sc2c1.Cl. The number of aromatic nitrogens is 1. The summed E-state index contributed by atoms with van der Waals surface area (Å²) in [5, 5.41) is 0.494. The molecular weight excluding hydrogens is 558 g/mol. The third-order valence-electron chi connectivity index (χ3n) is 6.43. The first-order valence-corrected chi connectivity index (χ1v) is 14.9. The second-order valence-corrected chi connectivity index (χ2v) is 12.1. The minimum Gasteiger partial charge on any atom is -0.379 e. The molecule has 0 unspecified atom stereocenters. The Labute approximate surface area is 237 Å².